The number of amides is 1. The second-order valence-electron chi connectivity index (χ2n) is 3.94. The van der Waals surface area contributed by atoms with Crippen molar-refractivity contribution in [3.8, 4) is 0 Å². The SMILES string of the molecule is O=C(NC(c1ccccc1)c1cccnc1)C(F)Cl. The van der Waals surface area contributed by atoms with Crippen molar-refractivity contribution in [2.45, 2.75) is 11.7 Å². The number of pyridine rings is 1. The lowest BCUT2D eigenvalue weighted by molar-refractivity contribution is -0.123. The topological polar surface area (TPSA) is 42.0 Å². The van der Waals surface area contributed by atoms with Gasteiger partial charge in [-0.25, -0.2) is 4.39 Å². The molecule has 1 aromatic carbocycles. The molecule has 5 heteroatoms. The monoisotopic (exact) mass is 278 g/mol. The van der Waals surface area contributed by atoms with Gasteiger partial charge in [-0.3, -0.25) is 9.78 Å². The van der Waals surface area contributed by atoms with Crippen molar-refractivity contribution in [1.29, 1.82) is 0 Å². The number of rotatable bonds is 4. The summed E-state index contributed by atoms with van der Waals surface area (Å²) in [6.45, 7) is 0. The molecule has 0 saturated carbocycles. The summed E-state index contributed by atoms with van der Waals surface area (Å²) in [5.74, 6) is -0.862. The Balaban J connectivity index is 2.32. The fourth-order valence-electron chi connectivity index (χ4n) is 1.76. The van der Waals surface area contributed by atoms with E-state index in [1.807, 2.05) is 36.4 Å². The van der Waals surface area contributed by atoms with E-state index in [0.717, 1.165) is 11.1 Å². The number of hydrogen-bond donors (Lipinski definition) is 1. The maximum Gasteiger partial charge on any atom is 0.270 e. The van der Waals surface area contributed by atoms with E-state index in [9.17, 15) is 9.18 Å². The van der Waals surface area contributed by atoms with E-state index < -0.39 is 17.6 Å². The van der Waals surface area contributed by atoms with Gasteiger partial charge in [0.05, 0.1) is 6.04 Å². The van der Waals surface area contributed by atoms with Gasteiger partial charge in [-0.1, -0.05) is 48.0 Å². The van der Waals surface area contributed by atoms with Gasteiger partial charge in [0.15, 0.2) is 0 Å². The fourth-order valence-corrected chi connectivity index (χ4v) is 1.82. The Hall–Kier alpha value is -1.94. The zero-order valence-electron chi connectivity index (χ0n) is 9.96. The smallest absolute Gasteiger partial charge is 0.270 e. The van der Waals surface area contributed by atoms with E-state index in [2.05, 4.69) is 10.3 Å². The molecule has 0 bridgehead atoms. The number of carbonyl (C=O) groups excluding carboxylic acids is 1. The van der Waals surface area contributed by atoms with Crippen LogP contribution in [0.2, 0.25) is 0 Å². The quantitative estimate of drug-likeness (QED) is 0.874. The standard InChI is InChI=1S/C14H12ClFN2O/c15-13(16)14(19)18-12(10-5-2-1-3-6-10)11-7-4-8-17-9-11/h1-9,12-13H,(H,18,19). The van der Waals surface area contributed by atoms with Crippen LogP contribution in [0, 0.1) is 0 Å². The summed E-state index contributed by atoms with van der Waals surface area (Å²) in [7, 11) is 0. The lowest BCUT2D eigenvalue weighted by atomic mass is 10.0. The van der Waals surface area contributed by atoms with Crippen molar-refractivity contribution in [2.75, 3.05) is 0 Å². The number of nitrogens with zero attached hydrogens (tertiary/aromatic N) is 1. The van der Waals surface area contributed by atoms with Crippen LogP contribution < -0.4 is 5.32 Å². The van der Waals surface area contributed by atoms with Crippen LogP contribution in [0.5, 0.6) is 0 Å². The molecule has 0 saturated heterocycles. The van der Waals surface area contributed by atoms with Gasteiger partial charge in [0.25, 0.3) is 11.5 Å². The third-order valence-electron chi connectivity index (χ3n) is 2.64. The average Bonchev–Trinajstić information content (AvgIpc) is 2.46. The Kier molecular flexibility index (Phi) is 4.47. The summed E-state index contributed by atoms with van der Waals surface area (Å²) in [5.41, 5.74) is -0.469. The maximum atomic E-state index is 12.8. The van der Waals surface area contributed by atoms with Crippen molar-refractivity contribution in [1.82, 2.24) is 10.3 Å². The normalized spacial score (nSPS) is 13.6. The van der Waals surface area contributed by atoms with Crippen LogP contribution in [-0.2, 0) is 4.79 Å². The highest BCUT2D eigenvalue weighted by Crippen LogP contribution is 2.21. The number of benzene rings is 1. The number of alkyl halides is 2. The largest absolute Gasteiger partial charge is 0.341 e. The van der Waals surface area contributed by atoms with E-state index >= 15 is 0 Å². The highest BCUT2D eigenvalue weighted by molar-refractivity contribution is 6.29. The van der Waals surface area contributed by atoms with E-state index in [1.54, 1.807) is 18.5 Å². The van der Waals surface area contributed by atoms with Crippen molar-refractivity contribution in [2.24, 2.45) is 0 Å². The van der Waals surface area contributed by atoms with E-state index in [1.165, 1.54) is 0 Å². The first-order valence-corrected chi connectivity index (χ1v) is 6.15. The summed E-state index contributed by atoms with van der Waals surface area (Å²) < 4.78 is 12.8. The van der Waals surface area contributed by atoms with Crippen LogP contribution in [0.4, 0.5) is 4.39 Å². The number of hydrogen-bond acceptors (Lipinski definition) is 2. The molecule has 2 atom stereocenters. The molecule has 0 spiro atoms. The Labute approximate surface area is 115 Å². The highest BCUT2D eigenvalue weighted by Gasteiger charge is 2.21. The molecule has 0 radical (unpaired) electrons. The van der Waals surface area contributed by atoms with Crippen molar-refractivity contribution >= 4 is 17.5 Å². The molecule has 0 aliphatic heterocycles. The van der Waals surface area contributed by atoms with Gasteiger partial charge >= 0.3 is 0 Å². The third-order valence-corrected chi connectivity index (χ3v) is 2.83. The lowest BCUT2D eigenvalue weighted by Gasteiger charge is -2.19. The summed E-state index contributed by atoms with van der Waals surface area (Å²) in [5, 5.41) is 2.56. The summed E-state index contributed by atoms with van der Waals surface area (Å²) in [6, 6.07) is 12.3. The molecule has 1 amide bonds. The number of nitrogens with one attached hydrogen (secondary N) is 1. The van der Waals surface area contributed by atoms with Crippen LogP contribution >= 0.6 is 11.6 Å². The molecule has 2 aromatic rings. The summed E-state index contributed by atoms with van der Waals surface area (Å²) in [4.78, 5) is 15.5. The minimum Gasteiger partial charge on any atom is -0.341 e. The molecule has 0 aliphatic rings. The van der Waals surface area contributed by atoms with E-state index in [-0.39, 0.29) is 0 Å². The second kappa shape index (κ2) is 6.29. The third kappa shape index (κ3) is 3.51. The average molecular weight is 279 g/mol. The Morgan fingerprint density at radius 2 is 1.84 bits per heavy atom. The Morgan fingerprint density at radius 3 is 2.42 bits per heavy atom. The first-order valence-electron chi connectivity index (χ1n) is 5.72. The number of halogens is 2. The minimum absolute atomic E-state index is 0.473. The second-order valence-corrected chi connectivity index (χ2v) is 4.32. The molecule has 1 heterocycles. The predicted molar refractivity (Wildman–Crippen MR) is 71.4 cm³/mol. The van der Waals surface area contributed by atoms with Gasteiger partial charge in [-0.15, -0.1) is 0 Å². The first kappa shape index (κ1) is 13.5. The van der Waals surface area contributed by atoms with Gasteiger partial charge in [-0.05, 0) is 17.2 Å². The molecule has 1 N–H and O–H groups in total. The van der Waals surface area contributed by atoms with Crippen molar-refractivity contribution in [3.05, 3.63) is 66.0 Å². The highest BCUT2D eigenvalue weighted by atomic mass is 35.5. The summed E-state index contributed by atoms with van der Waals surface area (Å²) >= 11 is 5.15. The molecular weight excluding hydrogens is 267 g/mol. The molecule has 0 fully saturated rings. The summed E-state index contributed by atoms with van der Waals surface area (Å²) in [6.07, 6.45) is 3.26. The maximum absolute atomic E-state index is 12.8. The van der Waals surface area contributed by atoms with Gasteiger partial charge in [0.2, 0.25) is 0 Å². The Morgan fingerprint density at radius 1 is 1.16 bits per heavy atom. The molecule has 0 aliphatic carbocycles. The molecule has 2 rings (SSSR count). The minimum atomic E-state index is -2.07. The molecule has 19 heavy (non-hydrogen) atoms. The number of aromatic nitrogens is 1. The van der Waals surface area contributed by atoms with Gasteiger partial charge in [-0.2, -0.15) is 0 Å². The lowest BCUT2D eigenvalue weighted by Crippen LogP contribution is -2.33. The van der Waals surface area contributed by atoms with Crippen molar-refractivity contribution in [3.63, 3.8) is 0 Å². The molecular formula is C14H12ClFN2O. The van der Waals surface area contributed by atoms with Crippen LogP contribution in [0.1, 0.15) is 17.2 Å². The zero-order valence-corrected chi connectivity index (χ0v) is 10.7. The number of carbonyl (C=O) groups is 1. The van der Waals surface area contributed by atoms with Gasteiger partial charge in [0, 0.05) is 12.4 Å². The van der Waals surface area contributed by atoms with Gasteiger partial charge < -0.3 is 5.32 Å². The molecule has 3 nitrogen and oxygen atoms in total. The van der Waals surface area contributed by atoms with Gasteiger partial charge in [0.1, 0.15) is 0 Å². The Bertz CT molecular complexity index is 494. The van der Waals surface area contributed by atoms with E-state index in [0.29, 0.717) is 0 Å². The molecule has 98 valence electrons. The molecule has 1 aromatic heterocycles. The van der Waals surface area contributed by atoms with E-state index in [4.69, 9.17) is 11.6 Å². The van der Waals surface area contributed by atoms with Crippen LogP contribution in [0.25, 0.3) is 0 Å². The zero-order chi connectivity index (χ0) is 13.7. The van der Waals surface area contributed by atoms with Crippen molar-refractivity contribution < 1.29 is 9.18 Å². The predicted octanol–water partition coefficient (Wildman–Crippen LogP) is 2.82. The first-order chi connectivity index (χ1) is 9.18. The van der Waals surface area contributed by atoms with Crippen LogP contribution in [0.3, 0.4) is 0 Å². The fraction of sp³-hybridized carbons (Fsp3) is 0.143. The van der Waals surface area contributed by atoms with Crippen LogP contribution in [0.15, 0.2) is 54.9 Å². The van der Waals surface area contributed by atoms with Crippen LogP contribution in [-0.4, -0.2) is 16.5 Å². The molecule has 2 unspecified atom stereocenters.